The number of nitrogens with one attached hydrogen (secondary N) is 1. The molecular formula is C16H25N3. The van der Waals surface area contributed by atoms with Crippen LogP contribution in [0.25, 0.3) is 0 Å². The summed E-state index contributed by atoms with van der Waals surface area (Å²) in [5.74, 6) is 1.79. The van der Waals surface area contributed by atoms with Crippen molar-refractivity contribution in [1.29, 1.82) is 0 Å². The fourth-order valence-electron chi connectivity index (χ4n) is 3.29. The van der Waals surface area contributed by atoms with Crippen LogP contribution in [0.4, 0.5) is 5.82 Å². The van der Waals surface area contributed by atoms with Gasteiger partial charge in [-0.05, 0) is 50.3 Å². The summed E-state index contributed by atoms with van der Waals surface area (Å²) in [6, 6.07) is 4.56. The molecule has 0 saturated carbocycles. The van der Waals surface area contributed by atoms with E-state index < -0.39 is 0 Å². The molecule has 0 bridgehead atoms. The van der Waals surface area contributed by atoms with Gasteiger partial charge in [0.15, 0.2) is 0 Å². The van der Waals surface area contributed by atoms with E-state index in [1.807, 2.05) is 0 Å². The minimum Gasteiger partial charge on any atom is -0.357 e. The summed E-state index contributed by atoms with van der Waals surface area (Å²) in [5, 5.41) is 3.54. The molecule has 1 unspecified atom stereocenters. The predicted octanol–water partition coefficient (Wildman–Crippen LogP) is 2.71. The van der Waals surface area contributed by atoms with E-state index in [1.54, 1.807) is 0 Å². The number of anilines is 1. The van der Waals surface area contributed by atoms with Crippen molar-refractivity contribution < 1.29 is 0 Å². The number of rotatable bonds is 2. The van der Waals surface area contributed by atoms with Gasteiger partial charge >= 0.3 is 0 Å². The van der Waals surface area contributed by atoms with Crippen LogP contribution < -0.4 is 10.2 Å². The Morgan fingerprint density at radius 1 is 1.26 bits per heavy atom. The van der Waals surface area contributed by atoms with E-state index in [-0.39, 0.29) is 0 Å². The number of hydrogen-bond donors (Lipinski definition) is 1. The lowest BCUT2D eigenvalue weighted by Crippen LogP contribution is -2.30. The number of aromatic nitrogens is 1. The fourth-order valence-corrected chi connectivity index (χ4v) is 3.29. The molecule has 0 aromatic carbocycles. The van der Waals surface area contributed by atoms with Gasteiger partial charge in [-0.25, -0.2) is 4.98 Å². The molecule has 1 fully saturated rings. The molecule has 2 aliphatic rings. The van der Waals surface area contributed by atoms with Crippen LogP contribution in [0.2, 0.25) is 0 Å². The van der Waals surface area contributed by atoms with Gasteiger partial charge in [-0.2, -0.15) is 0 Å². The molecule has 0 spiro atoms. The van der Waals surface area contributed by atoms with Crippen molar-refractivity contribution >= 4 is 5.82 Å². The van der Waals surface area contributed by atoms with Crippen LogP contribution in [0.1, 0.15) is 49.8 Å². The van der Waals surface area contributed by atoms with E-state index in [2.05, 4.69) is 29.3 Å². The molecule has 1 N–H and O–H groups in total. The van der Waals surface area contributed by atoms with Crippen molar-refractivity contribution in [3.63, 3.8) is 0 Å². The molecule has 19 heavy (non-hydrogen) atoms. The highest BCUT2D eigenvalue weighted by Gasteiger charge is 2.20. The van der Waals surface area contributed by atoms with Crippen LogP contribution in [-0.2, 0) is 6.42 Å². The molecule has 3 heteroatoms. The first-order chi connectivity index (χ1) is 9.38. The number of piperidine rings is 1. The third-order valence-corrected chi connectivity index (χ3v) is 4.52. The Hall–Kier alpha value is -1.09. The Balaban J connectivity index is 1.89. The highest BCUT2D eigenvalue weighted by molar-refractivity contribution is 5.43. The van der Waals surface area contributed by atoms with Crippen molar-refractivity contribution in [3.05, 3.63) is 23.4 Å². The lowest BCUT2D eigenvalue weighted by molar-refractivity contribution is 0.565. The van der Waals surface area contributed by atoms with Gasteiger partial charge in [0.25, 0.3) is 0 Å². The van der Waals surface area contributed by atoms with Crippen molar-refractivity contribution in [2.24, 2.45) is 0 Å². The van der Waals surface area contributed by atoms with Gasteiger partial charge in [-0.3, -0.25) is 0 Å². The zero-order valence-electron chi connectivity index (χ0n) is 12.0. The molecule has 0 aliphatic carbocycles. The minimum absolute atomic E-state index is 0.585. The molecule has 2 aliphatic heterocycles. The molecule has 1 aromatic rings. The lowest BCUT2D eigenvalue weighted by atomic mass is 9.97. The molecule has 1 atom stereocenters. The van der Waals surface area contributed by atoms with Crippen molar-refractivity contribution in [2.75, 3.05) is 31.1 Å². The first kappa shape index (κ1) is 12.9. The molecule has 0 radical (unpaired) electrons. The molecular weight excluding hydrogens is 234 g/mol. The van der Waals surface area contributed by atoms with Gasteiger partial charge < -0.3 is 10.2 Å². The lowest BCUT2D eigenvalue weighted by Gasteiger charge is -2.29. The standard InChI is InChI=1S/C16H25N3/c1-2-13-12-17-9-8-14-6-7-15(18-16(13)14)19-10-4-3-5-11-19/h6-7,13,17H,2-5,8-12H2,1H3. The highest BCUT2D eigenvalue weighted by Crippen LogP contribution is 2.27. The summed E-state index contributed by atoms with van der Waals surface area (Å²) in [7, 11) is 0. The summed E-state index contributed by atoms with van der Waals surface area (Å²) >= 11 is 0. The van der Waals surface area contributed by atoms with Crippen LogP contribution in [-0.4, -0.2) is 31.2 Å². The molecule has 1 saturated heterocycles. The monoisotopic (exact) mass is 259 g/mol. The first-order valence-electron chi connectivity index (χ1n) is 7.84. The molecule has 3 nitrogen and oxygen atoms in total. The van der Waals surface area contributed by atoms with Gasteiger partial charge in [-0.15, -0.1) is 0 Å². The number of hydrogen-bond acceptors (Lipinski definition) is 3. The second-order valence-corrected chi connectivity index (χ2v) is 5.82. The zero-order chi connectivity index (χ0) is 13.1. The van der Waals surface area contributed by atoms with E-state index in [4.69, 9.17) is 4.98 Å². The van der Waals surface area contributed by atoms with Gasteiger partial charge in [-0.1, -0.05) is 13.0 Å². The Morgan fingerprint density at radius 3 is 2.89 bits per heavy atom. The Kier molecular flexibility index (Phi) is 4.02. The average Bonchev–Trinajstić information content (AvgIpc) is 2.69. The molecule has 1 aromatic heterocycles. The maximum Gasteiger partial charge on any atom is 0.128 e. The van der Waals surface area contributed by atoms with Crippen molar-refractivity contribution in [1.82, 2.24) is 10.3 Å². The molecule has 0 amide bonds. The number of pyridine rings is 1. The van der Waals surface area contributed by atoms with Crippen LogP contribution in [0, 0.1) is 0 Å². The largest absolute Gasteiger partial charge is 0.357 e. The van der Waals surface area contributed by atoms with Gasteiger partial charge in [0.1, 0.15) is 5.82 Å². The topological polar surface area (TPSA) is 28.2 Å². The van der Waals surface area contributed by atoms with Crippen LogP contribution in [0.5, 0.6) is 0 Å². The van der Waals surface area contributed by atoms with Crippen LogP contribution in [0.3, 0.4) is 0 Å². The summed E-state index contributed by atoms with van der Waals surface area (Å²) < 4.78 is 0. The quantitative estimate of drug-likeness (QED) is 0.885. The van der Waals surface area contributed by atoms with E-state index in [0.29, 0.717) is 5.92 Å². The predicted molar refractivity (Wildman–Crippen MR) is 79.9 cm³/mol. The third-order valence-electron chi connectivity index (χ3n) is 4.52. The van der Waals surface area contributed by atoms with E-state index in [0.717, 1.165) is 19.5 Å². The van der Waals surface area contributed by atoms with Crippen LogP contribution in [0.15, 0.2) is 12.1 Å². The van der Waals surface area contributed by atoms with Crippen molar-refractivity contribution in [2.45, 2.75) is 44.9 Å². The Bertz CT molecular complexity index is 424. The van der Waals surface area contributed by atoms with E-state index >= 15 is 0 Å². The average molecular weight is 259 g/mol. The summed E-state index contributed by atoms with van der Waals surface area (Å²) in [5.41, 5.74) is 2.81. The van der Waals surface area contributed by atoms with Crippen molar-refractivity contribution in [3.8, 4) is 0 Å². The maximum absolute atomic E-state index is 5.04. The second kappa shape index (κ2) is 5.91. The van der Waals surface area contributed by atoms with E-state index in [9.17, 15) is 0 Å². The summed E-state index contributed by atoms with van der Waals surface area (Å²) in [6.45, 7) is 6.81. The van der Waals surface area contributed by atoms with Crippen LogP contribution >= 0.6 is 0 Å². The SMILES string of the molecule is CCC1CNCCc2ccc(N3CCCCC3)nc21. The number of nitrogens with zero attached hydrogens (tertiary/aromatic N) is 2. The van der Waals surface area contributed by atoms with Gasteiger partial charge in [0.2, 0.25) is 0 Å². The number of fused-ring (bicyclic) bond motifs is 1. The minimum atomic E-state index is 0.585. The second-order valence-electron chi connectivity index (χ2n) is 5.82. The third kappa shape index (κ3) is 2.76. The molecule has 104 valence electrons. The normalized spacial score (nSPS) is 23.8. The smallest absolute Gasteiger partial charge is 0.128 e. The zero-order valence-corrected chi connectivity index (χ0v) is 12.0. The summed E-state index contributed by atoms with van der Waals surface area (Å²) in [4.78, 5) is 7.50. The van der Waals surface area contributed by atoms with E-state index in [1.165, 1.54) is 55.8 Å². The maximum atomic E-state index is 5.04. The molecule has 3 heterocycles. The summed E-state index contributed by atoms with van der Waals surface area (Å²) in [6.07, 6.45) is 6.31. The fraction of sp³-hybridized carbons (Fsp3) is 0.688. The first-order valence-corrected chi connectivity index (χ1v) is 7.84. The Labute approximate surface area is 116 Å². The Morgan fingerprint density at radius 2 is 2.11 bits per heavy atom. The molecule has 3 rings (SSSR count). The van der Waals surface area contributed by atoms with Gasteiger partial charge in [0, 0.05) is 25.6 Å². The van der Waals surface area contributed by atoms with Gasteiger partial charge in [0.05, 0.1) is 5.69 Å². The highest BCUT2D eigenvalue weighted by atomic mass is 15.2.